The molecule has 1 aliphatic rings. The number of hydrogen-bond acceptors (Lipinski definition) is 4. The summed E-state index contributed by atoms with van der Waals surface area (Å²) >= 11 is 1.95. The molecule has 1 unspecified atom stereocenters. The van der Waals surface area contributed by atoms with Crippen molar-refractivity contribution < 1.29 is 9.53 Å². The van der Waals surface area contributed by atoms with Crippen molar-refractivity contribution in [1.82, 2.24) is 5.32 Å². The molecule has 1 N–H and O–H groups in total. The van der Waals surface area contributed by atoms with Gasteiger partial charge in [-0.2, -0.15) is 11.8 Å². The summed E-state index contributed by atoms with van der Waals surface area (Å²) in [6.07, 6.45) is 1.20. The molecule has 1 saturated heterocycles. The van der Waals surface area contributed by atoms with Gasteiger partial charge in [-0.1, -0.05) is 13.8 Å². The summed E-state index contributed by atoms with van der Waals surface area (Å²) < 4.78 is 4.60. The molecule has 0 saturated carbocycles. The Bertz CT molecular complexity index is 206. The zero-order chi connectivity index (χ0) is 10.6. The number of carbonyl (C=O) groups is 1. The molecule has 3 nitrogen and oxygen atoms in total. The van der Waals surface area contributed by atoms with Crippen molar-refractivity contribution >= 4 is 17.7 Å². The van der Waals surface area contributed by atoms with Gasteiger partial charge in [0.1, 0.15) is 0 Å². The molecule has 0 aromatic carbocycles. The van der Waals surface area contributed by atoms with Crippen molar-refractivity contribution in [3.8, 4) is 0 Å². The van der Waals surface area contributed by atoms with Crippen LogP contribution >= 0.6 is 11.8 Å². The first-order valence-electron chi connectivity index (χ1n) is 4.94. The Morgan fingerprint density at radius 2 is 2.36 bits per heavy atom. The molecule has 0 aliphatic carbocycles. The van der Waals surface area contributed by atoms with E-state index < -0.39 is 0 Å². The Hall–Kier alpha value is -0.220. The third-order valence-electron chi connectivity index (χ3n) is 2.84. The van der Waals surface area contributed by atoms with Crippen LogP contribution in [0.25, 0.3) is 0 Å². The molecule has 0 bridgehead atoms. The Morgan fingerprint density at radius 3 is 2.93 bits per heavy atom. The summed E-state index contributed by atoms with van der Waals surface area (Å²) in [6.45, 7) is 4.83. The smallest absolute Gasteiger partial charge is 0.319 e. The number of esters is 1. The summed E-state index contributed by atoms with van der Waals surface area (Å²) in [5.74, 6) is 2.13. The number of thioether (sulfide) groups is 1. The molecule has 1 rings (SSSR count). The number of hydrogen-bond donors (Lipinski definition) is 1. The standard InChI is InChI=1S/C10H19NO2S/c1-10(2)4-5-14-7-8(10)11-6-9(12)13-3/h8,11H,4-7H2,1-3H3. The van der Waals surface area contributed by atoms with Crippen LogP contribution in [0.4, 0.5) is 0 Å². The van der Waals surface area contributed by atoms with Gasteiger partial charge in [-0.05, 0) is 17.6 Å². The molecule has 0 radical (unpaired) electrons. The maximum Gasteiger partial charge on any atom is 0.319 e. The van der Waals surface area contributed by atoms with Crippen LogP contribution in [0.2, 0.25) is 0 Å². The van der Waals surface area contributed by atoms with Gasteiger partial charge < -0.3 is 10.1 Å². The summed E-state index contributed by atoms with van der Waals surface area (Å²) in [4.78, 5) is 11.0. The molecular weight excluding hydrogens is 198 g/mol. The first-order chi connectivity index (χ1) is 6.56. The predicted molar refractivity (Wildman–Crippen MR) is 59.5 cm³/mol. The van der Waals surface area contributed by atoms with Crippen molar-refractivity contribution in [3.05, 3.63) is 0 Å². The van der Waals surface area contributed by atoms with Crippen LogP contribution in [0, 0.1) is 5.41 Å². The predicted octanol–water partition coefficient (Wildman–Crippen LogP) is 1.28. The van der Waals surface area contributed by atoms with Gasteiger partial charge in [0.25, 0.3) is 0 Å². The second-order valence-electron chi connectivity index (χ2n) is 4.32. The number of methoxy groups -OCH3 is 1. The van der Waals surface area contributed by atoms with Gasteiger partial charge in [-0.15, -0.1) is 0 Å². The van der Waals surface area contributed by atoms with Crippen LogP contribution in [0.15, 0.2) is 0 Å². The van der Waals surface area contributed by atoms with Crippen molar-refractivity contribution in [2.75, 3.05) is 25.2 Å². The lowest BCUT2D eigenvalue weighted by atomic mass is 9.82. The third kappa shape index (κ3) is 3.17. The highest BCUT2D eigenvalue weighted by Crippen LogP contribution is 2.33. The highest BCUT2D eigenvalue weighted by Gasteiger charge is 2.32. The molecule has 14 heavy (non-hydrogen) atoms. The van der Waals surface area contributed by atoms with E-state index in [4.69, 9.17) is 0 Å². The lowest BCUT2D eigenvalue weighted by molar-refractivity contribution is -0.139. The van der Waals surface area contributed by atoms with E-state index in [0.717, 1.165) is 5.75 Å². The fourth-order valence-corrected chi connectivity index (χ4v) is 3.19. The minimum atomic E-state index is -0.184. The maximum absolute atomic E-state index is 11.0. The van der Waals surface area contributed by atoms with E-state index in [9.17, 15) is 4.79 Å². The van der Waals surface area contributed by atoms with Crippen LogP contribution in [0.1, 0.15) is 20.3 Å². The van der Waals surface area contributed by atoms with E-state index in [0.29, 0.717) is 18.0 Å². The van der Waals surface area contributed by atoms with E-state index in [1.54, 1.807) is 0 Å². The fourth-order valence-electron chi connectivity index (χ4n) is 1.55. The summed E-state index contributed by atoms with van der Waals surface area (Å²) in [5.41, 5.74) is 0.291. The van der Waals surface area contributed by atoms with Crippen molar-refractivity contribution in [2.24, 2.45) is 5.41 Å². The minimum Gasteiger partial charge on any atom is -0.468 e. The van der Waals surface area contributed by atoms with Crippen molar-refractivity contribution in [3.63, 3.8) is 0 Å². The number of nitrogens with one attached hydrogen (secondary N) is 1. The van der Waals surface area contributed by atoms with Crippen molar-refractivity contribution in [1.29, 1.82) is 0 Å². The molecule has 1 aliphatic heterocycles. The van der Waals surface area contributed by atoms with Crippen LogP contribution in [-0.4, -0.2) is 37.2 Å². The molecular formula is C10H19NO2S. The maximum atomic E-state index is 11.0. The number of ether oxygens (including phenoxy) is 1. The van der Waals surface area contributed by atoms with Crippen LogP contribution in [0.3, 0.4) is 0 Å². The number of carbonyl (C=O) groups excluding carboxylic acids is 1. The zero-order valence-electron chi connectivity index (χ0n) is 9.13. The normalized spacial score (nSPS) is 25.8. The highest BCUT2D eigenvalue weighted by molar-refractivity contribution is 7.99. The molecule has 4 heteroatoms. The Balaban J connectivity index is 2.38. The molecule has 1 atom stereocenters. The molecule has 0 aromatic rings. The fraction of sp³-hybridized carbons (Fsp3) is 0.900. The van der Waals surface area contributed by atoms with Gasteiger partial charge in [0.15, 0.2) is 0 Å². The Labute approximate surface area is 90.0 Å². The van der Waals surface area contributed by atoms with Gasteiger partial charge >= 0.3 is 5.97 Å². The quantitative estimate of drug-likeness (QED) is 0.723. The largest absolute Gasteiger partial charge is 0.468 e. The van der Waals surface area contributed by atoms with Gasteiger partial charge in [-0.3, -0.25) is 4.79 Å². The molecule has 1 heterocycles. The monoisotopic (exact) mass is 217 g/mol. The van der Waals surface area contributed by atoms with E-state index in [1.165, 1.54) is 19.3 Å². The first kappa shape index (κ1) is 11.9. The molecule has 82 valence electrons. The lowest BCUT2D eigenvalue weighted by Crippen LogP contribution is -2.48. The van der Waals surface area contributed by atoms with Gasteiger partial charge in [-0.25, -0.2) is 0 Å². The molecule has 1 fully saturated rings. The Morgan fingerprint density at radius 1 is 1.64 bits per heavy atom. The van der Waals surface area contributed by atoms with Gasteiger partial charge in [0, 0.05) is 11.8 Å². The summed E-state index contributed by atoms with van der Waals surface area (Å²) in [5, 5.41) is 3.27. The van der Waals surface area contributed by atoms with E-state index in [2.05, 4.69) is 23.9 Å². The Kier molecular flexibility index (Phi) is 4.26. The highest BCUT2D eigenvalue weighted by atomic mass is 32.2. The molecule has 0 aromatic heterocycles. The van der Waals surface area contributed by atoms with Crippen molar-refractivity contribution in [2.45, 2.75) is 26.3 Å². The average Bonchev–Trinajstić information content (AvgIpc) is 2.15. The van der Waals surface area contributed by atoms with Gasteiger partial charge in [0.05, 0.1) is 13.7 Å². The topological polar surface area (TPSA) is 38.3 Å². The van der Waals surface area contributed by atoms with Gasteiger partial charge in [0.2, 0.25) is 0 Å². The zero-order valence-corrected chi connectivity index (χ0v) is 9.95. The van der Waals surface area contributed by atoms with Crippen LogP contribution < -0.4 is 5.32 Å². The van der Waals surface area contributed by atoms with E-state index in [1.807, 2.05) is 11.8 Å². The summed E-state index contributed by atoms with van der Waals surface area (Å²) in [7, 11) is 1.42. The van der Waals surface area contributed by atoms with E-state index in [-0.39, 0.29) is 5.97 Å². The van der Waals surface area contributed by atoms with Crippen LogP contribution in [0.5, 0.6) is 0 Å². The molecule has 0 spiro atoms. The summed E-state index contributed by atoms with van der Waals surface area (Å²) in [6, 6.07) is 0.417. The third-order valence-corrected chi connectivity index (χ3v) is 3.90. The molecule has 0 amide bonds. The van der Waals surface area contributed by atoms with E-state index >= 15 is 0 Å². The lowest BCUT2D eigenvalue weighted by Gasteiger charge is -2.38. The second-order valence-corrected chi connectivity index (χ2v) is 5.47. The second kappa shape index (κ2) is 5.03. The average molecular weight is 217 g/mol. The number of rotatable bonds is 3. The minimum absolute atomic E-state index is 0.184. The van der Waals surface area contributed by atoms with Crippen LogP contribution in [-0.2, 0) is 9.53 Å². The SMILES string of the molecule is COC(=O)CNC1CSCCC1(C)C. The first-order valence-corrected chi connectivity index (χ1v) is 6.09.